The first kappa shape index (κ1) is 18.7. The van der Waals surface area contributed by atoms with Crippen LogP contribution in [0.2, 0.25) is 5.02 Å². The van der Waals surface area contributed by atoms with Crippen LogP contribution in [0.25, 0.3) is 11.0 Å². The lowest BCUT2D eigenvalue weighted by Gasteiger charge is -2.09. The lowest BCUT2D eigenvalue weighted by Crippen LogP contribution is -2.19. The molecular formula is C20H16ClN5O3. The van der Waals surface area contributed by atoms with Crippen LogP contribution in [-0.4, -0.2) is 28.1 Å². The largest absolute Gasteiger partial charge is 0.469 e. The number of anilines is 2. The maximum atomic E-state index is 11.7. The van der Waals surface area contributed by atoms with E-state index in [1.165, 1.54) is 0 Å². The van der Waals surface area contributed by atoms with E-state index in [0.29, 0.717) is 22.1 Å². The highest BCUT2D eigenvalue weighted by molar-refractivity contribution is 6.30. The Labute approximate surface area is 170 Å². The highest BCUT2D eigenvalue weighted by atomic mass is 35.5. The topological polar surface area (TPSA) is 102 Å². The molecule has 3 heterocycles. The number of hydrogen-bond acceptors (Lipinski definition) is 7. The fraction of sp³-hybridized carbons (Fsp3) is 0.100. The summed E-state index contributed by atoms with van der Waals surface area (Å²) in [6.07, 6.45) is 3.09. The average Bonchev–Trinajstić information content (AvgIpc) is 3.23. The van der Waals surface area contributed by atoms with Crippen molar-refractivity contribution in [2.24, 2.45) is 0 Å². The lowest BCUT2D eigenvalue weighted by molar-refractivity contribution is 0.0958. The highest BCUT2D eigenvalue weighted by Gasteiger charge is 2.15. The predicted octanol–water partition coefficient (Wildman–Crippen LogP) is 3.95. The first-order valence-electron chi connectivity index (χ1n) is 8.70. The van der Waals surface area contributed by atoms with Crippen molar-refractivity contribution in [3.8, 4) is 5.88 Å². The van der Waals surface area contributed by atoms with Crippen molar-refractivity contribution in [2.75, 3.05) is 12.4 Å². The van der Waals surface area contributed by atoms with Crippen molar-refractivity contribution < 1.29 is 13.9 Å². The number of fused-ring (bicyclic) bond motifs is 1. The Balaban J connectivity index is 1.55. The van der Waals surface area contributed by atoms with Crippen LogP contribution in [0, 0.1) is 0 Å². The molecule has 0 bridgehead atoms. The molecule has 0 atom stereocenters. The van der Waals surface area contributed by atoms with Gasteiger partial charge in [0, 0.05) is 24.0 Å². The summed E-state index contributed by atoms with van der Waals surface area (Å²) in [5.41, 5.74) is 2.32. The number of amides is 1. The standard InChI is InChI=1S/C20H16ClN5O3/c1-22-19(27)16-9-12(5-7-23-16)11-29-20-17-15(6-8-28-17)18(25-26-20)24-14-4-2-3-13(21)10-14/h2-10H,11H2,1H3,(H,22,27)(H,24,25). The Kier molecular flexibility index (Phi) is 5.26. The minimum atomic E-state index is -0.267. The van der Waals surface area contributed by atoms with Gasteiger partial charge in [0.25, 0.3) is 11.8 Å². The molecule has 0 aliphatic heterocycles. The molecule has 0 unspecified atom stereocenters. The molecule has 0 aliphatic rings. The van der Waals surface area contributed by atoms with Crippen LogP contribution in [0.15, 0.2) is 59.3 Å². The van der Waals surface area contributed by atoms with Gasteiger partial charge in [0.1, 0.15) is 12.3 Å². The van der Waals surface area contributed by atoms with Gasteiger partial charge in [0.2, 0.25) is 5.58 Å². The summed E-state index contributed by atoms with van der Waals surface area (Å²) < 4.78 is 11.3. The summed E-state index contributed by atoms with van der Waals surface area (Å²) in [5, 5.41) is 15.4. The Morgan fingerprint density at radius 3 is 2.93 bits per heavy atom. The number of carbonyl (C=O) groups is 1. The second-order valence-corrected chi connectivity index (χ2v) is 6.51. The van der Waals surface area contributed by atoms with Gasteiger partial charge in [-0.2, -0.15) is 0 Å². The number of carbonyl (C=O) groups excluding carboxylic acids is 1. The first-order chi connectivity index (χ1) is 14.1. The lowest BCUT2D eigenvalue weighted by atomic mass is 10.2. The summed E-state index contributed by atoms with van der Waals surface area (Å²) in [4.78, 5) is 15.8. The van der Waals surface area contributed by atoms with Crippen molar-refractivity contribution in [1.29, 1.82) is 0 Å². The summed E-state index contributed by atoms with van der Waals surface area (Å²) in [7, 11) is 1.55. The quantitative estimate of drug-likeness (QED) is 0.497. The zero-order valence-corrected chi connectivity index (χ0v) is 16.1. The molecule has 0 radical (unpaired) electrons. The zero-order chi connectivity index (χ0) is 20.2. The van der Waals surface area contributed by atoms with E-state index in [4.69, 9.17) is 20.8 Å². The smallest absolute Gasteiger partial charge is 0.278 e. The molecule has 1 amide bonds. The minimum Gasteiger partial charge on any atom is -0.469 e. The molecule has 0 fully saturated rings. The Morgan fingerprint density at radius 1 is 1.21 bits per heavy atom. The number of ether oxygens (including phenoxy) is 1. The second-order valence-electron chi connectivity index (χ2n) is 6.07. The van der Waals surface area contributed by atoms with Gasteiger partial charge in [-0.05, 0) is 42.0 Å². The van der Waals surface area contributed by atoms with Gasteiger partial charge in [0.05, 0.1) is 11.6 Å². The SMILES string of the molecule is CNC(=O)c1cc(COc2nnc(Nc3cccc(Cl)c3)c3ccoc23)ccn1. The van der Waals surface area contributed by atoms with E-state index in [-0.39, 0.29) is 18.4 Å². The van der Waals surface area contributed by atoms with E-state index in [0.717, 1.165) is 16.6 Å². The molecule has 2 N–H and O–H groups in total. The second kappa shape index (κ2) is 8.15. The van der Waals surface area contributed by atoms with Crippen LogP contribution in [0.3, 0.4) is 0 Å². The molecule has 4 aromatic rings. The Morgan fingerprint density at radius 2 is 2.10 bits per heavy atom. The number of benzene rings is 1. The van der Waals surface area contributed by atoms with Crippen molar-refractivity contribution in [2.45, 2.75) is 6.61 Å². The van der Waals surface area contributed by atoms with Gasteiger partial charge in [-0.3, -0.25) is 9.78 Å². The fourth-order valence-corrected chi connectivity index (χ4v) is 2.90. The average molecular weight is 410 g/mol. The minimum absolute atomic E-state index is 0.179. The van der Waals surface area contributed by atoms with Gasteiger partial charge in [0.15, 0.2) is 5.82 Å². The van der Waals surface area contributed by atoms with Crippen LogP contribution < -0.4 is 15.4 Å². The third-order valence-corrected chi connectivity index (χ3v) is 4.34. The van der Waals surface area contributed by atoms with E-state index in [1.54, 1.807) is 49.8 Å². The summed E-state index contributed by atoms with van der Waals surface area (Å²) in [6.45, 7) is 0.179. The van der Waals surface area contributed by atoms with Crippen molar-refractivity contribution in [1.82, 2.24) is 20.5 Å². The van der Waals surface area contributed by atoms with Crippen molar-refractivity contribution in [3.05, 3.63) is 71.2 Å². The van der Waals surface area contributed by atoms with Crippen LogP contribution in [0.5, 0.6) is 5.88 Å². The molecule has 146 valence electrons. The normalized spacial score (nSPS) is 10.7. The van der Waals surface area contributed by atoms with Crippen LogP contribution in [0.4, 0.5) is 11.5 Å². The number of pyridine rings is 1. The van der Waals surface area contributed by atoms with Gasteiger partial charge < -0.3 is 19.8 Å². The van der Waals surface area contributed by atoms with Gasteiger partial charge in [-0.15, -0.1) is 10.2 Å². The molecule has 3 aromatic heterocycles. The van der Waals surface area contributed by atoms with Crippen molar-refractivity contribution in [3.63, 3.8) is 0 Å². The Hall–Kier alpha value is -3.65. The molecule has 0 aliphatic carbocycles. The van der Waals surface area contributed by atoms with Gasteiger partial charge in [-0.25, -0.2) is 0 Å². The fourth-order valence-electron chi connectivity index (χ4n) is 2.71. The number of rotatable bonds is 6. The maximum absolute atomic E-state index is 11.7. The van der Waals surface area contributed by atoms with Crippen LogP contribution in [-0.2, 0) is 6.61 Å². The molecule has 0 spiro atoms. The maximum Gasteiger partial charge on any atom is 0.278 e. The first-order valence-corrected chi connectivity index (χ1v) is 9.08. The highest BCUT2D eigenvalue weighted by Crippen LogP contribution is 2.31. The summed E-state index contributed by atoms with van der Waals surface area (Å²) in [6, 6.07) is 12.5. The monoisotopic (exact) mass is 409 g/mol. The van der Waals surface area contributed by atoms with E-state index < -0.39 is 0 Å². The molecule has 0 saturated heterocycles. The number of halogens is 1. The third kappa shape index (κ3) is 4.12. The number of aromatic nitrogens is 3. The molecule has 8 nitrogen and oxygen atoms in total. The predicted molar refractivity (Wildman–Crippen MR) is 108 cm³/mol. The molecule has 4 rings (SSSR count). The molecule has 1 aromatic carbocycles. The van der Waals surface area contributed by atoms with Crippen LogP contribution >= 0.6 is 11.6 Å². The van der Waals surface area contributed by atoms with E-state index in [9.17, 15) is 4.79 Å². The van der Waals surface area contributed by atoms with E-state index in [1.807, 2.05) is 12.1 Å². The Bertz CT molecular complexity index is 1180. The number of nitrogens with zero attached hydrogens (tertiary/aromatic N) is 3. The summed E-state index contributed by atoms with van der Waals surface area (Å²) >= 11 is 6.03. The number of hydrogen-bond donors (Lipinski definition) is 2. The van der Waals surface area contributed by atoms with Crippen LogP contribution in [0.1, 0.15) is 16.1 Å². The van der Waals surface area contributed by atoms with Crippen molar-refractivity contribution >= 4 is 40.0 Å². The number of furan rings is 1. The van der Waals surface area contributed by atoms with Gasteiger partial charge >= 0.3 is 0 Å². The van der Waals surface area contributed by atoms with Gasteiger partial charge in [-0.1, -0.05) is 17.7 Å². The van der Waals surface area contributed by atoms with E-state index >= 15 is 0 Å². The zero-order valence-electron chi connectivity index (χ0n) is 15.3. The summed E-state index contributed by atoms with van der Waals surface area (Å²) in [5.74, 6) is 0.505. The molecule has 0 saturated carbocycles. The van der Waals surface area contributed by atoms with E-state index in [2.05, 4.69) is 25.8 Å². The third-order valence-electron chi connectivity index (χ3n) is 4.10. The molecule has 29 heavy (non-hydrogen) atoms. The molecule has 9 heteroatoms. The number of nitrogens with one attached hydrogen (secondary N) is 2. The molecular weight excluding hydrogens is 394 g/mol.